The Labute approximate surface area is 99.4 Å². The lowest BCUT2D eigenvalue weighted by atomic mass is 9.84. The maximum Gasteiger partial charge on any atom is 0.125 e. The number of hydrogen-bond acceptors (Lipinski definition) is 2. The Balaban J connectivity index is 3.39. The Bertz CT molecular complexity index is 359. The van der Waals surface area contributed by atoms with Crippen molar-refractivity contribution in [3.8, 4) is 5.75 Å². The standard InChI is InChI=1S/C12H17BrO2/c1-8-5-9(13)6-10(11(8)15-4)12(2,3)7-14/h5-6,14H,7H2,1-4H3. The van der Waals surface area contributed by atoms with Gasteiger partial charge in [-0.15, -0.1) is 0 Å². The third kappa shape index (κ3) is 2.52. The van der Waals surface area contributed by atoms with Crippen molar-refractivity contribution in [1.29, 1.82) is 0 Å². The zero-order chi connectivity index (χ0) is 11.6. The van der Waals surface area contributed by atoms with Gasteiger partial charge in [-0.3, -0.25) is 0 Å². The number of benzene rings is 1. The van der Waals surface area contributed by atoms with E-state index in [1.165, 1.54) is 0 Å². The van der Waals surface area contributed by atoms with Crippen LogP contribution in [0.2, 0.25) is 0 Å². The van der Waals surface area contributed by atoms with Crippen molar-refractivity contribution >= 4 is 15.9 Å². The molecular weight excluding hydrogens is 256 g/mol. The predicted molar refractivity (Wildman–Crippen MR) is 65.5 cm³/mol. The molecule has 0 aromatic heterocycles. The molecule has 1 rings (SSSR count). The van der Waals surface area contributed by atoms with Crippen LogP contribution in [0.25, 0.3) is 0 Å². The molecule has 0 fully saturated rings. The van der Waals surface area contributed by atoms with Gasteiger partial charge in [-0.05, 0) is 24.6 Å². The van der Waals surface area contributed by atoms with Crippen LogP contribution in [0.5, 0.6) is 5.75 Å². The van der Waals surface area contributed by atoms with Gasteiger partial charge in [-0.25, -0.2) is 0 Å². The molecule has 1 aromatic carbocycles. The molecule has 0 aliphatic heterocycles. The van der Waals surface area contributed by atoms with Gasteiger partial charge in [0, 0.05) is 15.5 Å². The van der Waals surface area contributed by atoms with E-state index in [1.54, 1.807) is 7.11 Å². The van der Waals surface area contributed by atoms with Crippen LogP contribution in [0.1, 0.15) is 25.0 Å². The maximum absolute atomic E-state index is 9.38. The number of aliphatic hydroxyl groups excluding tert-OH is 1. The summed E-state index contributed by atoms with van der Waals surface area (Å²) >= 11 is 3.46. The second kappa shape index (κ2) is 4.54. The Kier molecular flexibility index (Phi) is 3.79. The summed E-state index contributed by atoms with van der Waals surface area (Å²) in [4.78, 5) is 0. The summed E-state index contributed by atoms with van der Waals surface area (Å²) in [5.41, 5.74) is 1.81. The topological polar surface area (TPSA) is 29.5 Å². The minimum atomic E-state index is -0.292. The molecule has 2 nitrogen and oxygen atoms in total. The van der Waals surface area contributed by atoms with E-state index in [9.17, 15) is 5.11 Å². The van der Waals surface area contributed by atoms with E-state index >= 15 is 0 Å². The first-order chi connectivity index (χ1) is 6.92. The third-order valence-electron chi connectivity index (χ3n) is 2.57. The van der Waals surface area contributed by atoms with E-state index in [-0.39, 0.29) is 12.0 Å². The maximum atomic E-state index is 9.38. The van der Waals surface area contributed by atoms with Crippen molar-refractivity contribution < 1.29 is 9.84 Å². The molecule has 0 aliphatic carbocycles. The van der Waals surface area contributed by atoms with Crippen LogP contribution in [0.3, 0.4) is 0 Å². The second-order valence-corrected chi connectivity index (χ2v) is 5.26. The summed E-state index contributed by atoms with van der Waals surface area (Å²) in [6.07, 6.45) is 0. The first-order valence-corrected chi connectivity index (χ1v) is 5.67. The molecule has 3 heteroatoms. The second-order valence-electron chi connectivity index (χ2n) is 4.35. The van der Waals surface area contributed by atoms with Gasteiger partial charge in [-0.1, -0.05) is 29.8 Å². The predicted octanol–water partition coefficient (Wildman–Crippen LogP) is 3.04. The summed E-state index contributed by atoms with van der Waals surface area (Å²) in [5.74, 6) is 0.859. The smallest absolute Gasteiger partial charge is 0.125 e. The van der Waals surface area contributed by atoms with E-state index < -0.39 is 0 Å². The Morgan fingerprint density at radius 1 is 1.40 bits per heavy atom. The SMILES string of the molecule is COc1c(C)cc(Br)cc1C(C)(C)CO. The molecule has 0 spiro atoms. The molecule has 0 saturated heterocycles. The van der Waals surface area contributed by atoms with Gasteiger partial charge in [0.05, 0.1) is 13.7 Å². The van der Waals surface area contributed by atoms with E-state index in [1.807, 2.05) is 32.9 Å². The summed E-state index contributed by atoms with van der Waals surface area (Å²) in [7, 11) is 1.66. The van der Waals surface area contributed by atoms with E-state index in [4.69, 9.17) is 4.74 Å². The zero-order valence-electron chi connectivity index (χ0n) is 9.60. The summed E-state index contributed by atoms with van der Waals surface area (Å²) < 4.78 is 6.40. The van der Waals surface area contributed by atoms with E-state index in [2.05, 4.69) is 15.9 Å². The van der Waals surface area contributed by atoms with Gasteiger partial charge >= 0.3 is 0 Å². The fraction of sp³-hybridized carbons (Fsp3) is 0.500. The van der Waals surface area contributed by atoms with Crippen molar-refractivity contribution in [2.45, 2.75) is 26.2 Å². The highest BCUT2D eigenvalue weighted by Gasteiger charge is 2.25. The van der Waals surface area contributed by atoms with Crippen LogP contribution in [0, 0.1) is 6.92 Å². The van der Waals surface area contributed by atoms with Crippen molar-refractivity contribution in [1.82, 2.24) is 0 Å². The number of rotatable bonds is 3. The molecule has 15 heavy (non-hydrogen) atoms. The number of halogens is 1. The number of aryl methyl sites for hydroxylation is 1. The van der Waals surface area contributed by atoms with Gasteiger partial charge < -0.3 is 9.84 Å². The molecule has 0 unspecified atom stereocenters. The highest BCUT2D eigenvalue weighted by molar-refractivity contribution is 9.10. The van der Waals surface area contributed by atoms with Crippen molar-refractivity contribution in [2.24, 2.45) is 0 Å². The van der Waals surface area contributed by atoms with Crippen LogP contribution in [-0.4, -0.2) is 18.8 Å². The third-order valence-corrected chi connectivity index (χ3v) is 3.03. The van der Waals surface area contributed by atoms with Gasteiger partial charge in [0.2, 0.25) is 0 Å². The lowest BCUT2D eigenvalue weighted by Crippen LogP contribution is -2.23. The van der Waals surface area contributed by atoms with Crippen molar-refractivity contribution in [2.75, 3.05) is 13.7 Å². The quantitative estimate of drug-likeness (QED) is 0.917. The van der Waals surface area contributed by atoms with Crippen LogP contribution in [-0.2, 0) is 5.41 Å². The van der Waals surface area contributed by atoms with Gasteiger partial charge in [0.15, 0.2) is 0 Å². The molecule has 1 N–H and O–H groups in total. The average molecular weight is 273 g/mol. The van der Waals surface area contributed by atoms with Gasteiger partial charge in [0.25, 0.3) is 0 Å². The number of aliphatic hydroxyl groups is 1. The largest absolute Gasteiger partial charge is 0.496 e. The lowest BCUT2D eigenvalue weighted by molar-refractivity contribution is 0.214. The average Bonchev–Trinajstić information content (AvgIpc) is 2.16. The molecule has 0 amide bonds. The fourth-order valence-electron chi connectivity index (χ4n) is 1.59. The molecule has 0 heterocycles. The minimum absolute atomic E-state index is 0.0965. The van der Waals surface area contributed by atoms with Crippen molar-refractivity contribution in [3.63, 3.8) is 0 Å². The minimum Gasteiger partial charge on any atom is -0.496 e. The number of methoxy groups -OCH3 is 1. The summed E-state index contributed by atoms with van der Waals surface area (Å²) in [6, 6.07) is 4.01. The van der Waals surface area contributed by atoms with Crippen LogP contribution < -0.4 is 4.74 Å². The highest BCUT2D eigenvalue weighted by Crippen LogP contribution is 2.36. The molecular formula is C12H17BrO2. The van der Waals surface area contributed by atoms with E-state index in [0.717, 1.165) is 21.3 Å². The van der Waals surface area contributed by atoms with Crippen LogP contribution in [0.15, 0.2) is 16.6 Å². The molecule has 0 aliphatic rings. The molecule has 0 radical (unpaired) electrons. The summed E-state index contributed by atoms with van der Waals surface area (Å²) in [5, 5.41) is 9.38. The lowest BCUT2D eigenvalue weighted by Gasteiger charge is -2.26. The summed E-state index contributed by atoms with van der Waals surface area (Å²) in [6.45, 7) is 6.09. The van der Waals surface area contributed by atoms with Gasteiger partial charge in [-0.2, -0.15) is 0 Å². The van der Waals surface area contributed by atoms with Crippen LogP contribution >= 0.6 is 15.9 Å². The first kappa shape index (κ1) is 12.5. The Morgan fingerprint density at radius 2 is 2.00 bits per heavy atom. The van der Waals surface area contributed by atoms with Gasteiger partial charge in [0.1, 0.15) is 5.75 Å². The van der Waals surface area contributed by atoms with E-state index in [0.29, 0.717) is 0 Å². The van der Waals surface area contributed by atoms with Crippen LogP contribution in [0.4, 0.5) is 0 Å². The normalized spacial score (nSPS) is 11.6. The van der Waals surface area contributed by atoms with Crippen molar-refractivity contribution in [3.05, 3.63) is 27.7 Å². The number of ether oxygens (including phenoxy) is 1. The molecule has 0 atom stereocenters. The highest BCUT2D eigenvalue weighted by atomic mass is 79.9. The molecule has 0 saturated carbocycles. The Morgan fingerprint density at radius 3 is 2.47 bits per heavy atom. The monoisotopic (exact) mass is 272 g/mol. The zero-order valence-corrected chi connectivity index (χ0v) is 11.2. The Hall–Kier alpha value is -0.540. The first-order valence-electron chi connectivity index (χ1n) is 4.88. The fourth-order valence-corrected chi connectivity index (χ4v) is 2.16. The molecule has 84 valence electrons. The molecule has 1 aromatic rings. The number of hydrogen-bond donors (Lipinski definition) is 1. The molecule has 0 bridgehead atoms.